The molecular weight excluding hydrogens is 252 g/mol. The zero-order chi connectivity index (χ0) is 13.8. The van der Waals surface area contributed by atoms with E-state index < -0.39 is 11.9 Å². The number of carboxylic acid groups (broad SMARTS) is 2. The Morgan fingerprint density at radius 3 is 2.68 bits per heavy atom. The number of hydrogen-bond donors (Lipinski definition) is 2. The standard InChI is InChI=1S/C13H14O6/c14-12(15)4-2-9-7-18-11-5-8(6-13(16)17)1-3-10(11)19-9/h1,3,5,9H,2,4,6-7H2,(H,14,15)(H,16,17). The van der Waals surface area contributed by atoms with Gasteiger partial charge < -0.3 is 19.7 Å². The van der Waals surface area contributed by atoms with E-state index in [4.69, 9.17) is 19.7 Å². The number of ether oxygens (including phenoxy) is 2. The van der Waals surface area contributed by atoms with Crippen molar-refractivity contribution in [3.63, 3.8) is 0 Å². The van der Waals surface area contributed by atoms with Crippen molar-refractivity contribution in [2.45, 2.75) is 25.4 Å². The summed E-state index contributed by atoms with van der Waals surface area (Å²) in [5.41, 5.74) is 0.638. The highest BCUT2D eigenvalue weighted by molar-refractivity contribution is 5.70. The van der Waals surface area contributed by atoms with Gasteiger partial charge in [0.1, 0.15) is 12.7 Å². The second-order valence-electron chi connectivity index (χ2n) is 4.33. The highest BCUT2D eigenvalue weighted by Crippen LogP contribution is 2.33. The molecule has 1 heterocycles. The van der Waals surface area contributed by atoms with Gasteiger partial charge in [-0.2, -0.15) is 0 Å². The molecule has 0 aromatic heterocycles. The largest absolute Gasteiger partial charge is 0.486 e. The lowest BCUT2D eigenvalue weighted by molar-refractivity contribution is -0.138. The Morgan fingerprint density at radius 2 is 2.00 bits per heavy atom. The Morgan fingerprint density at radius 1 is 1.21 bits per heavy atom. The number of benzene rings is 1. The highest BCUT2D eigenvalue weighted by atomic mass is 16.6. The molecule has 19 heavy (non-hydrogen) atoms. The van der Waals surface area contributed by atoms with Gasteiger partial charge in [-0.1, -0.05) is 6.07 Å². The summed E-state index contributed by atoms with van der Waals surface area (Å²) in [6.45, 7) is 0.275. The van der Waals surface area contributed by atoms with Crippen LogP contribution in [-0.4, -0.2) is 34.9 Å². The average Bonchev–Trinajstić information content (AvgIpc) is 2.35. The van der Waals surface area contributed by atoms with Crippen molar-refractivity contribution in [3.05, 3.63) is 23.8 Å². The maximum absolute atomic E-state index is 10.6. The van der Waals surface area contributed by atoms with Gasteiger partial charge in [0.05, 0.1) is 6.42 Å². The minimum Gasteiger partial charge on any atom is -0.486 e. The third kappa shape index (κ3) is 3.61. The monoisotopic (exact) mass is 266 g/mol. The van der Waals surface area contributed by atoms with E-state index in [0.29, 0.717) is 23.5 Å². The predicted octanol–water partition coefficient (Wildman–Crippen LogP) is 1.32. The van der Waals surface area contributed by atoms with Crippen LogP contribution in [0.25, 0.3) is 0 Å². The molecule has 6 nitrogen and oxygen atoms in total. The van der Waals surface area contributed by atoms with Crippen molar-refractivity contribution in [3.8, 4) is 11.5 Å². The third-order valence-corrected chi connectivity index (χ3v) is 2.76. The van der Waals surface area contributed by atoms with Gasteiger partial charge in [-0.25, -0.2) is 0 Å². The smallest absolute Gasteiger partial charge is 0.307 e. The maximum Gasteiger partial charge on any atom is 0.307 e. The first kappa shape index (κ1) is 13.2. The van der Waals surface area contributed by atoms with Gasteiger partial charge in [0.25, 0.3) is 0 Å². The summed E-state index contributed by atoms with van der Waals surface area (Å²) < 4.78 is 11.1. The second kappa shape index (κ2) is 5.60. The number of aliphatic carboxylic acids is 2. The molecule has 6 heteroatoms. The fourth-order valence-corrected chi connectivity index (χ4v) is 1.87. The van der Waals surface area contributed by atoms with Crippen molar-refractivity contribution in [1.29, 1.82) is 0 Å². The molecule has 0 aliphatic carbocycles. The number of hydrogen-bond acceptors (Lipinski definition) is 4. The quantitative estimate of drug-likeness (QED) is 0.834. The molecule has 2 rings (SSSR count). The van der Waals surface area contributed by atoms with Gasteiger partial charge in [-0.3, -0.25) is 9.59 Å². The Bertz CT molecular complexity index is 496. The summed E-state index contributed by atoms with van der Waals surface area (Å²) in [6.07, 6.45) is 0.0551. The molecule has 0 radical (unpaired) electrons. The molecule has 1 aliphatic rings. The molecule has 102 valence electrons. The first-order chi connectivity index (χ1) is 9.04. The number of carboxylic acids is 2. The molecule has 0 bridgehead atoms. The van der Waals surface area contributed by atoms with Crippen molar-refractivity contribution in [2.75, 3.05) is 6.61 Å². The second-order valence-corrected chi connectivity index (χ2v) is 4.33. The van der Waals surface area contributed by atoms with Gasteiger partial charge in [0, 0.05) is 6.42 Å². The first-order valence-corrected chi connectivity index (χ1v) is 5.90. The van der Waals surface area contributed by atoms with E-state index in [1.54, 1.807) is 18.2 Å². The van der Waals surface area contributed by atoms with E-state index in [9.17, 15) is 9.59 Å². The summed E-state index contributed by atoms with van der Waals surface area (Å²) >= 11 is 0. The number of carbonyl (C=O) groups is 2. The van der Waals surface area contributed by atoms with E-state index in [1.165, 1.54) is 0 Å². The van der Waals surface area contributed by atoms with E-state index in [1.807, 2.05) is 0 Å². The van der Waals surface area contributed by atoms with Crippen LogP contribution in [0.15, 0.2) is 18.2 Å². The van der Waals surface area contributed by atoms with Gasteiger partial charge in [-0.15, -0.1) is 0 Å². The van der Waals surface area contributed by atoms with Crippen molar-refractivity contribution < 1.29 is 29.3 Å². The summed E-state index contributed by atoms with van der Waals surface area (Å²) in [5, 5.41) is 17.3. The van der Waals surface area contributed by atoms with Crippen LogP contribution in [0.2, 0.25) is 0 Å². The van der Waals surface area contributed by atoms with Gasteiger partial charge in [-0.05, 0) is 24.1 Å². The molecule has 0 saturated carbocycles. The summed E-state index contributed by atoms with van der Waals surface area (Å²) in [4.78, 5) is 21.1. The summed E-state index contributed by atoms with van der Waals surface area (Å²) in [7, 11) is 0. The summed E-state index contributed by atoms with van der Waals surface area (Å²) in [5.74, 6) is -0.747. The van der Waals surface area contributed by atoms with Crippen LogP contribution in [0.1, 0.15) is 18.4 Å². The molecule has 1 aliphatic heterocycles. The molecule has 0 saturated heterocycles. The van der Waals surface area contributed by atoms with Crippen LogP contribution in [-0.2, 0) is 16.0 Å². The summed E-state index contributed by atoms with van der Waals surface area (Å²) in [6, 6.07) is 4.95. The minimum absolute atomic E-state index is 0.0282. The van der Waals surface area contributed by atoms with E-state index in [2.05, 4.69) is 0 Å². The van der Waals surface area contributed by atoms with E-state index >= 15 is 0 Å². The Balaban J connectivity index is 2.01. The van der Waals surface area contributed by atoms with Gasteiger partial charge in [0.2, 0.25) is 0 Å². The SMILES string of the molecule is O=C(O)CCC1COc2cc(CC(=O)O)ccc2O1. The fourth-order valence-electron chi connectivity index (χ4n) is 1.87. The fraction of sp³-hybridized carbons (Fsp3) is 0.385. The van der Waals surface area contributed by atoms with Crippen LogP contribution in [0.4, 0.5) is 0 Å². The van der Waals surface area contributed by atoms with Crippen LogP contribution >= 0.6 is 0 Å². The lowest BCUT2D eigenvalue weighted by atomic mass is 10.1. The minimum atomic E-state index is -0.906. The van der Waals surface area contributed by atoms with Crippen LogP contribution in [0, 0.1) is 0 Å². The molecule has 2 N–H and O–H groups in total. The molecule has 1 aromatic carbocycles. The highest BCUT2D eigenvalue weighted by Gasteiger charge is 2.22. The molecule has 0 amide bonds. The van der Waals surface area contributed by atoms with Gasteiger partial charge >= 0.3 is 11.9 Å². The van der Waals surface area contributed by atoms with Crippen molar-refractivity contribution in [2.24, 2.45) is 0 Å². The molecule has 1 unspecified atom stereocenters. The van der Waals surface area contributed by atoms with Crippen LogP contribution in [0.3, 0.4) is 0 Å². The maximum atomic E-state index is 10.6. The third-order valence-electron chi connectivity index (χ3n) is 2.76. The Hall–Kier alpha value is -2.24. The molecule has 1 aromatic rings. The first-order valence-electron chi connectivity index (χ1n) is 5.90. The Labute approximate surface area is 109 Å². The van der Waals surface area contributed by atoms with Crippen LogP contribution < -0.4 is 9.47 Å². The molecule has 0 spiro atoms. The lowest BCUT2D eigenvalue weighted by Crippen LogP contribution is -2.29. The predicted molar refractivity (Wildman–Crippen MR) is 64.6 cm³/mol. The molecule has 0 fully saturated rings. The molecule has 1 atom stereocenters. The normalized spacial score (nSPS) is 16.9. The van der Waals surface area contributed by atoms with E-state index in [-0.39, 0.29) is 25.6 Å². The zero-order valence-corrected chi connectivity index (χ0v) is 10.2. The number of rotatable bonds is 5. The lowest BCUT2D eigenvalue weighted by Gasteiger charge is -2.26. The van der Waals surface area contributed by atoms with Crippen molar-refractivity contribution >= 4 is 11.9 Å². The van der Waals surface area contributed by atoms with E-state index in [0.717, 1.165) is 0 Å². The van der Waals surface area contributed by atoms with Crippen LogP contribution in [0.5, 0.6) is 11.5 Å². The topological polar surface area (TPSA) is 93.1 Å². The average molecular weight is 266 g/mol. The zero-order valence-electron chi connectivity index (χ0n) is 10.2. The number of fused-ring (bicyclic) bond motifs is 1. The molecular formula is C13H14O6. The Kier molecular flexibility index (Phi) is 3.89. The van der Waals surface area contributed by atoms with Gasteiger partial charge in [0.15, 0.2) is 11.5 Å². The van der Waals surface area contributed by atoms with Crippen molar-refractivity contribution in [1.82, 2.24) is 0 Å².